The molecule has 1 rings (SSSR count). The van der Waals surface area contributed by atoms with E-state index in [1.54, 1.807) is 13.8 Å². The van der Waals surface area contributed by atoms with Crippen molar-refractivity contribution >= 4 is 10.0 Å². The lowest BCUT2D eigenvalue weighted by Crippen LogP contribution is -2.42. The van der Waals surface area contributed by atoms with Gasteiger partial charge in [0.05, 0.1) is 11.5 Å². The van der Waals surface area contributed by atoms with Gasteiger partial charge >= 0.3 is 0 Å². The van der Waals surface area contributed by atoms with Gasteiger partial charge in [0.15, 0.2) is 0 Å². The molecular formula is C15H25NO3S. The average Bonchev–Trinajstić information content (AvgIpc) is 2.33. The predicted octanol–water partition coefficient (Wildman–Crippen LogP) is 2.30. The van der Waals surface area contributed by atoms with Gasteiger partial charge in [-0.15, -0.1) is 0 Å². The first-order valence-corrected chi connectivity index (χ1v) is 8.42. The van der Waals surface area contributed by atoms with Gasteiger partial charge in [-0.2, -0.15) is 0 Å². The van der Waals surface area contributed by atoms with E-state index in [9.17, 15) is 13.5 Å². The molecule has 20 heavy (non-hydrogen) atoms. The fraction of sp³-hybridized carbons (Fsp3) is 0.600. The minimum absolute atomic E-state index is 0.0841. The van der Waals surface area contributed by atoms with E-state index in [2.05, 4.69) is 4.72 Å². The average molecular weight is 299 g/mol. The van der Waals surface area contributed by atoms with Crippen molar-refractivity contribution in [1.82, 2.24) is 4.72 Å². The summed E-state index contributed by atoms with van der Waals surface area (Å²) in [5.74, 6) is 0.0841. The summed E-state index contributed by atoms with van der Waals surface area (Å²) in [4.78, 5) is 0.324. The second kappa shape index (κ2) is 6.70. The smallest absolute Gasteiger partial charge is 0.241 e. The molecule has 0 amide bonds. The molecule has 0 bridgehead atoms. The summed E-state index contributed by atoms with van der Waals surface area (Å²) in [6.07, 6.45) is 0.805. The highest BCUT2D eigenvalue weighted by molar-refractivity contribution is 7.89. The number of rotatable bonds is 6. The lowest BCUT2D eigenvalue weighted by molar-refractivity contribution is 0.219. The number of aryl methyl sites for hydroxylation is 3. The number of hydrogen-bond donors (Lipinski definition) is 2. The van der Waals surface area contributed by atoms with Crippen LogP contribution in [0.25, 0.3) is 0 Å². The van der Waals surface area contributed by atoms with Crippen molar-refractivity contribution in [3.63, 3.8) is 0 Å². The molecule has 0 saturated carbocycles. The highest BCUT2D eigenvalue weighted by Crippen LogP contribution is 2.22. The third kappa shape index (κ3) is 3.81. The summed E-state index contributed by atoms with van der Waals surface area (Å²) in [6, 6.07) is 3.27. The van der Waals surface area contributed by atoms with Crippen molar-refractivity contribution < 1.29 is 13.5 Å². The normalized spacial score (nSPS) is 15.1. The molecule has 0 aliphatic heterocycles. The van der Waals surface area contributed by atoms with E-state index < -0.39 is 16.1 Å². The van der Waals surface area contributed by atoms with Crippen LogP contribution in [0.15, 0.2) is 17.0 Å². The molecule has 5 heteroatoms. The Morgan fingerprint density at radius 1 is 1.20 bits per heavy atom. The summed E-state index contributed by atoms with van der Waals surface area (Å²) in [5, 5.41) is 9.39. The zero-order valence-electron chi connectivity index (χ0n) is 12.9. The number of hydrogen-bond acceptors (Lipinski definition) is 3. The molecule has 0 saturated heterocycles. The van der Waals surface area contributed by atoms with Crippen LogP contribution in [0.2, 0.25) is 0 Å². The predicted molar refractivity (Wildman–Crippen MR) is 81.3 cm³/mol. The third-order valence-electron chi connectivity index (χ3n) is 3.71. The number of benzene rings is 1. The molecule has 2 N–H and O–H groups in total. The van der Waals surface area contributed by atoms with E-state index in [1.807, 2.05) is 32.9 Å². The molecule has 0 aromatic heterocycles. The third-order valence-corrected chi connectivity index (χ3v) is 5.50. The van der Waals surface area contributed by atoms with E-state index in [4.69, 9.17) is 0 Å². The van der Waals surface area contributed by atoms with Gasteiger partial charge in [0.2, 0.25) is 10.0 Å². The molecule has 1 aromatic rings. The highest BCUT2D eigenvalue weighted by Gasteiger charge is 2.25. The highest BCUT2D eigenvalue weighted by atomic mass is 32.2. The van der Waals surface area contributed by atoms with Crippen molar-refractivity contribution in [3.05, 3.63) is 28.8 Å². The zero-order chi connectivity index (χ0) is 15.5. The Balaban J connectivity index is 3.18. The molecule has 0 unspecified atom stereocenters. The fourth-order valence-corrected chi connectivity index (χ4v) is 4.26. The molecule has 1 aromatic carbocycles. The Labute approximate surface area is 122 Å². The molecular weight excluding hydrogens is 274 g/mol. The van der Waals surface area contributed by atoms with Gasteiger partial charge in [0.25, 0.3) is 0 Å². The number of aliphatic hydroxyl groups excluding tert-OH is 1. The van der Waals surface area contributed by atoms with E-state index in [1.165, 1.54) is 0 Å². The van der Waals surface area contributed by atoms with Crippen LogP contribution in [-0.2, 0) is 10.0 Å². The maximum Gasteiger partial charge on any atom is 0.241 e. The number of nitrogens with one attached hydrogen (secondary N) is 1. The van der Waals surface area contributed by atoms with Crippen LogP contribution >= 0.6 is 0 Å². The number of sulfonamides is 1. The summed E-state index contributed by atoms with van der Waals surface area (Å²) < 4.78 is 27.7. The van der Waals surface area contributed by atoms with Crippen LogP contribution in [0.4, 0.5) is 0 Å². The standard InChI is InChI=1S/C15H25NO3S/c1-6-11(3)14(9-17)16-20(18,19)15-12(4)7-10(2)8-13(15)5/h7-8,11,14,16-17H,6,9H2,1-5H3/t11-,14+/m0/s1. The second-order valence-electron chi connectivity index (χ2n) is 5.52. The van der Waals surface area contributed by atoms with Crippen molar-refractivity contribution in [2.75, 3.05) is 6.61 Å². The van der Waals surface area contributed by atoms with Gasteiger partial charge < -0.3 is 5.11 Å². The van der Waals surface area contributed by atoms with Crippen molar-refractivity contribution in [3.8, 4) is 0 Å². The van der Waals surface area contributed by atoms with Crippen LogP contribution in [0, 0.1) is 26.7 Å². The topological polar surface area (TPSA) is 66.4 Å². The number of aliphatic hydroxyl groups is 1. The first kappa shape index (κ1) is 17.1. The Morgan fingerprint density at radius 2 is 1.70 bits per heavy atom. The van der Waals surface area contributed by atoms with E-state index in [0.717, 1.165) is 23.1 Å². The monoisotopic (exact) mass is 299 g/mol. The lowest BCUT2D eigenvalue weighted by Gasteiger charge is -2.23. The van der Waals surface area contributed by atoms with Crippen molar-refractivity contribution in [1.29, 1.82) is 0 Å². The van der Waals surface area contributed by atoms with Crippen LogP contribution < -0.4 is 4.72 Å². The van der Waals surface area contributed by atoms with Gasteiger partial charge in [-0.25, -0.2) is 13.1 Å². The molecule has 0 fully saturated rings. The Bertz CT molecular complexity index is 543. The van der Waals surface area contributed by atoms with E-state index in [-0.39, 0.29) is 12.5 Å². The SMILES string of the molecule is CC[C@H](C)[C@@H](CO)NS(=O)(=O)c1c(C)cc(C)cc1C. The van der Waals surface area contributed by atoms with Gasteiger partial charge in [-0.05, 0) is 37.8 Å². The van der Waals surface area contributed by atoms with Crippen LogP contribution in [0.1, 0.15) is 37.0 Å². The summed E-state index contributed by atoms with van der Waals surface area (Å²) in [5.41, 5.74) is 2.51. The van der Waals surface area contributed by atoms with Gasteiger partial charge in [-0.3, -0.25) is 0 Å². The summed E-state index contributed by atoms with van der Waals surface area (Å²) >= 11 is 0. The maximum atomic E-state index is 12.6. The Morgan fingerprint density at radius 3 is 2.10 bits per heavy atom. The van der Waals surface area contributed by atoms with Gasteiger partial charge in [-0.1, -0.05) is 38.0 Å². The molecule has 114 valence electrons. The zero-order valence-corrected chi connectivity index (χ0v) is 13.7. The summed E-state index contributed by atoms with van der Waals surface area (Å²) in [6.45, 7) is 9.25. The molecule has 0 radical (unpaired) electrons. The molecule has 2 atom stereocenters. The quantitative estimate of drug-likeness (QED) is 0.847. The van der Waals surface area contributed by atoms with Gasteiger partial charge in [0.1, 0.15) is 0 Å². The van der Waals surface area contributed by atoms with E-state index in [0.29, 0.717) is 4.90 Å². The molecule has 0 aliphatic rings. The second-order valence-corrected chi connectivity index (χ2v) is 7.17. The summed E-state index contributed by atoms with van der Waals surface area (Å²) in [7, 11) is -3.61. The van der Waals surface area contributed by atoms with E-state index >= 15 is 0 Å². The minimum atomic E-state index is -3.61. The van der Waals surface area contributed by atoms with Crippen molar-refractivity contribution in [2.24, 2.45) is 5.92 Å². The first-order valence-electron chi connectivity index (χ1n) is 6.94. The van der Waals surface area contributed by atoms with Gasteiger partial charge in [0, 0.05) is 6.04 Å². The first-order chi connectivity index (χ1) is 9.22. The maximum absolute atomic E-state index is 12.6. The minimum Gasteiger partial charge on any atom is -0.395 e. The van der Waals surface area contributed by atoms with Crippen LogP contribution in [-0.4, -0.2) is 26.2 Å². The lowest BCUT2D eigenvalue weighted by atomic mass is 10.0. The Kier molecular flexibility index (Phi) is 5.74. The van der Waals surface area contributed by atoms with Crippen LogP contribution in [0.3, 0.4) is 0 Å². The molecule has 0 aliphatic carbocycles. The molecule has 0 heterocycles. The largest absolute Gasteiger partial charge is 0.395 e. The molecule has 4 nitrogen and oxygen atoms in total. The fourth-order valence-electron chi connectivity index (χ4n) is 2.47. The van der Waals surface area contributed by atoms with Crippen molar-refractivity contribution in [2.45, 2.75) is 52.0 Å². The molecule has 0 spiro atoms. The Hall–Kier alpha value is -0.910. The van der Waals surface area contributed by atoms with Crippen LogP contribution in [0.5, 0.6) is 0 Å².